The van der Waals surface area contributed by atoms with Crippen molar-refractivity contribution in [2.75, 3.05) is 13.1 Å². The predicted molar refractivity (Wildman–Crippen MR) is 89.3 cm³/mol. The van der Waals surface area contributed by atoms with E-state index < -0.39 is 12.3 Å². The first kappa shape index (κ1) is 19.5. The molecule has 2 saturated carbocycles. The van der Waals surface area contributed by atoms with Gasteiger partial charge in [-0.05, 0) is 55.9 Å². The molecule has 3 rings (SSSR count). The Morgan fingerprint density at radius 2 is 1.81 bits per heavy atom. The lowest BCUT2D eigenvalue weighted by molar-refractivity contribution is -0.274. The maximum absolute atomic E-state index is 12.2. The molecule has 0 radical (unpaired) electrons. The third-order valence-electron chi connectivity index (χ3n) is 4.84. The van der Waals surface area contributed by atoms with Gasteiger partial charge in [0.1, 0.15) is 5.75 Å². The van der Waals surface area contributed by atoms with Crippen molar-refractivity contribution >= 4 is 11.9 Å². The number of nitrogens with one attached hydrogen (secondary N) is 1. The number of hydrogen-bond donors (Lipinski definition) is 2. The number of nitrogens with zero attached hydrogens (tertiary/aromatic N) is 1. The number of halogens is 3. The van der Waals surface area contributed by atoms with E-state index in [1.165, 1.54) is 12.1 Å². The Morgan fingerprint density at radius 1 is 1.19 bits per heavy atom. The molecule has 6 nitrogen and oxygen atoms in total. The first-order valence-electron chi connectivity index (χ1n) is 8.82. The summed E-state index contributed by atoms with van der Waals surface area (Å²) in [6.07, 6.45) is -1.16. The molecule has 0 atom stereocenters. The van der Waals surface area contributed by atoms with Crippen molar-refractivity contribution in [1.82, 2.24) is 10.2 Å². The Balaban J connectivity index is 1.47. The molecule has 2 N–H and O–H groups in total. The number of carbonyl (C=O) groups is 2. The summed E-state index contributed by atoms with van der Waals surface area (Å²) in [6.45, 7) is 0.779. The number of carboxylic acid groups (broad SMARTS) is 1. The van der Waals surface area contributed by atoms with Gasteiger partial charge in [0.05, 0.1) is 6.54 Å². The highest BCUT2D eigenvalue weighted by Gasteiger charge is 2.38. The summed E-state index contributed by atoms with van der Waals surface area (Å²) >= 11 is 0. The van der Waals surface area contributed by atoms with Gasteiger partial charge < -0.3 is 15.2 Å². The Morgan fingerprint density at radius 3 is 2.33 bits per heavy atom. The fourth-order valence-corrected chi connectivity index (χ4v) is 3.23. The second-order valence-corrected chi connectivity index (χ2v) is 7.13. The number of hydrogen-bond acceptors (Lipinski definition) is 4. The van der Waals surface area contributed by atoms with Crippen LogP contribution in [0.5, 0.6) is 5.75 Å². The summed E-state index contributed by atoms with van der Waals surface area (Å²) in [5, 5.41) is 11.9. The Kier molecular flexibility index (Phi) is 5.59. The lowest BCUT2D eigenvalue weighted by Crippen LogP contribution is -2.55. The van der Waals surface area contributed by atoms with E-state index in [1.54, 1.807) is 0 Å². The van der Waals surface area contributed by atoms with E-state index in [0.29, 0.717) is 18.8 Å². The molecule has 0 saturated heterocycles. The third kappa shape index (κ3) is 5.85. The molecule has 2 fully saturated rings. The summed E-state index contributed by atoms with van der Waals surface area (Å²) in [7, 11) is 0. The van der Waals surface area contributed by atoms with Gasteiger partial charge >= 0.3 is 12.3 Å². The lowest BCUT2D eigenvalue weighted by atomic mass is 9.85. The van der Waals surface area contributed by atoms with Crippen molar-refractivity contribution in [3.63, 3.8) is 0 Å². The fraction of sp³-hybridized carbons (Fsp3) is 0.556. The highest BCUT2D eigenvalue weighted by atomic mass is 19.4. The molecule has 0 bridgehead atoms. The fourth-order valence-electron chi connectivity index (χ4n) is 3.23. The maximum atomic E-state index is 12.2. The molecular weight excluding hydrogens is 365 g/mol. The van der Waals surface area contributed by atoms with E-state index >= 15 is 0 Å². The average molecular weight is 386 g/mol. The van der Waals surface area contributed by atoms with Gasteiger partial charge in [-0.2, -0.15) is 0 Å². The number of alkyl halides is 3. The molecule has 1 aromatic rings. The van der Waals surface area contributed by atoms with Crippen LogP contribution in [0.3, 0.4) is 0 Å². The minimum absolute atomic E-state index is 0.00248. The summed E-state index contributed by atoms with van der Waals surface area (Å²) in [5.74, 6) is -1.03. The van der Waals surface area contributed by atoms with E-state index in [2.05, 4.69) is 10.1 Å². The van der Waals surface area contributed by atoms with Crippen LogP contribution in [-0.2, 0) is 4.79 Å². The van der Waals surface area contributed by atoms with Crippen LogP contribution in [0.2, 0.25) is 0 Å². The SMILES string of the molecule is O=C(O)CN(CC1CC1)C1CC(NC(=O)c2ccc(OC(F)(F)F)cc2)C1. The van der Waals surface area contributed by atoms with Gasteiger partial charge in [0.25, 0.3) is 5.91 Å². The minimum atomic E-state index is -4.77. The van der Waals surface area contributed by atoms with E-state index in [9.17, 15) is 22.8 Å². The van der Waals surface area contributed by atoms with Crippen molar-refractivity contribution in [1.29, 1.82) is 0 Å². The summed E-state index contributed by atoms with van der Waals surface area (Å²) in [5.41, 5.74) is 0.244. The van der Waals surface area contributed by atoms with Crippen LogP contribution in [0.4, 0.5) is 13.2 Å². The van der Waals surface area contributed by atoms with Crippen molar-refractivity contribution in [2.24, 2.45) is 5.92 Å². The number of ether oxygens (including phenoxy) is 1. The summed E-state index contributed by atoms with van der Waals surface area (Å²) in [6, 6.07) is 4.80. The highest BCUT2D eigenvalue weighted by Crippen LogP contribution is 2.34. The van der Waals surface area contributed by atoms with Crippen LogP contribution in [0.15, 0.2) is 24.3 Å². The second-order valence-electron chi connectivity index (χ2n) is 7.13. The molecule has 0 unspecified atom stereocenters. The molecular formula is C18H21F3N2O4. The number of amides is 1. The lowest BCUT2D eigenvalue weighted by Gasteiger charge is -2.42. The molecule has 9 heteroatoms. The van der Waals surface area contributed by atoms with Crippen LogP contribution in [-0.4, -0.2) is 53.4 Å². The largest absolute Gasteiger partial charge is 0.573 e. The molecule has 0 spiro atoms. The van der Waals surface area contributed by atoms with Gasteiger partial charge in [-0.1, -0.05) is 0 Å². The van der Waals surface area contributed by atoms with E-state index in [1.807, 2.05) is 4.90 Å². The van der Waals surface area contributed by atoms with Gasteiger partial charge in [0.15, 0.2) is 0 Å². The zero-order chi connectivity index (χ0) is 19.6. The first-order valence-corrected chi connectivity index (χ1v) is 8.82. The number of carboxylic acids is 1. The molecule has 2 aliphatic carbocycles. The maximum Gasteiger partial charge on any atom is 0.573 e. The Hall–Kier alpha value is -2.29. The predicted octanol–water partition coefficient (Wildman–Crippen LogP) is 2.64. The summed E-state index contributed by atoms with van der Waals surface area (Å²) < 4.78 is 40.2. The van der Waals surface area contributed by atoms with Crippen molar-refractivity contribution in [2.45, 2.75) is 44.1 Å². The quantitative estimate of drug-likeness (QED) is 0.718. The molecule has 2 aliphatic rings. The van der Waals surface area contributed by atoms with Crippen LogP contribution in [0.25, 0.3) is 0 Å². The molecule has 0 heterocycles. The summed E-state index contributed by atoms with van der Waals surface area (Å²) in [4.78, 5) is 25.2. The topological polar surface area (TPSA) is 78.9 Å². The molecule has 1 aromatic carbocycles. The smallest absolute Gasteiger partial charge is 0.480 e. The van der Waals surface area contributed by atoms with Crippen LogP contribution < -0.4 is 10.1 Å². The number of rotatable bonds is 8. The van der Waals surface area contributed by atoms with E-state index in [-0.39, 0.29) is 35.8 Å². The highest BCUT2D eigenvalue weighted by molar-refractivity contribution is 5.94. The molecule has 27 heavy (non-hydrogen) atoms. The second kappa shape index (κ2) is 7.75. The van der Waals surface area contributed by atoms with Crippen LogP contribution in [0.1, 0.15) is 36.0 Å². The van der Waals surface area contributed by atoms with Gasteiger partial charge in [-0.15, -0.1) is 13.2 Å². The molecule has 0 aliphatic heterocycles. The number of benzene rings is 1. The zero-order valence-corrected chi connectivity index (χ0v) is 14.5. The van der Waals surface area contributed by atoms with Gasteiger partial charge in [0.2, 0.25) is 0 Å². The number of aliphatic carboxylic acids is 1. The number of carbonyl (C=O) groups excluding carboxylic acids is 1. The first-order chi connectivity index (χ1) is 12.7. The minimum Gasteiger partial charge on any atom is -0.480 e. The third-order valence-corrected chi connectivity index (χ3v) is 4.84. The van der Waals surface area contributed by atoms with E-state index in [0.717, 1.165) is 31.5 Å². The Labute approximate surface area is 154 Å². The standard InChI is InChI=1S/C18H21F3N2O4/c19-18(20,21)27-15-5-3-12(4-6-15)17(26)22-13-7-14(8-13)23(10-16(24)25)9-11-1-2-11/h3-6,11,13-14H,1-2,7-10H2,(H,22,26)(H,24,25). The van der Waals surface area contributed by atoms with Crippen molar-refractivity contribution in [3.05, 3.63) is 29.8 Å². The molecule has 0 aromatic heterocycles. The van der Waals surface area contributed by atoms with Crippen LogP contribution >= 0.6 is 0 Å². The normalized spacial score (nSPS) is 22.2. The van der Waals surface area contributed by atoms with Gasteiger partial charge in [-0.3, -0.25) is 14.5 Å². The monoisotopic (exact) mass is 386 g/mol. The average Bonchev–Trinajstić information content (AvgIpc) is 3.32. The van der Waals surface area contributed by atoms with Gasteiger partial charge in [0, 0.05) is 24.2 Å². The van der Waals surface area contributed by atoms with Crippen molar-refractivity contribution in [3.8, 4) is 5.75 Å². The Bertz CT molecular complexity index is 683. The molecule has 1 amide bonds. The van der Waals surface area contributed by atoms with E-state index in [4.69, 9.17) is 5.11 Å². The van der Waals surface area contributed by atoms with Crippen LogP contribution in [0, 0.1) is 5.92 Å². The molecule has 148 valence electrons. The zero-order valence-electron chi connectivity index (χ0n) is 14.5. The van der Waals surface area contributed by atoms with Crippen molar-refractivity contribution < 1.29 is 32.6 Å². The van der Waals surface area contributed by atoms with Gasteiger partial charge in [-0.25, -0.2) is 0 Å².